The van der Waals surface area contributed by atoms with Crippen LogP contribution in [0.15, 0.2) is 29.6 Å². The molecule has 0 bridgehead atoms. The van der Waals surface area contributed by atoms with Crippen molar-refractivity contribution in [3.05, 3.63) is 45.4 Å². The number of ketones is 1. The Hall–Kier alpha value is -2.25. The number of hydrogen-bond donors (Lipinski definition) is 2. The molecular formula is C14H12ClN3O3S. The van der Waals surface area contributed by atoms with E-state index in [1.807, 2.05) is 0 Å². The van der Waals surface area contributed by atoms with Crippen LogP contribution in [0, 0.1) is 0 Å². The van der Waals surface area contributed by atoms with Gasteiger partial charge in [0, 0.05) is 7.05 Å². The zero-order valence-corrected chi connectivity index (χ0v) is 13.1. The van der Waals surface area contributed by atoms with Crippen molar-refractivity contribution in [3.63, 3.8) is 0 Å². The van der Waals surface area contributed by atoms with Crippen molar-refractivity contribution in [3.8, 4) is 0 Å². The molecule has 0 fully saturated rings. The molecular weight excluding hydrogens is 326 g/mol. The summed E-state index contributed by atoms with van der Waals surface area (Å²) in [6.45, 7) is 0. The van der Waals surface area contributed by atoms with Crippen molar-refractivity contribution >= 4 is 46.7 Å². The third-order valence-corrected chi connectivity index (χ3v) is 3.92. The van der Waals surface area contributed by atoms with Gasteiger partial charge in [-0.25, -0.2) is 4.98 Å². The van der Waals surface area contributed by atoms with Crippen LogP contribution in [0.4, 0.5) is 5.69 Å². The van der Waals surface area contributed by atoms with Crippen molar-refractivity contribution in [2.24, 2.45) is 0 Å². The number of aromatic nitrogens is 1. The fraction of sp³-hybridized carbons (Fsp3) is 0.143. The summed E-state index contributed by atoms with van der Waals surface area (Å²) in [5.74, 6) is -1.48. The number of carbonyl (C=O) groups excluding carboxylic acids is 3. The van der Waals surface area contributed by atoms with Gasteiger partial charge in [0.05, 0.1) is 16.3 Å². The molecule has 2 N–H and O–H groups in total. The number of anilines is 1. The molecule has 0 aliphatic carbocycles. The minimum Gasteiger partial charge on any atom is -0.362 e. The van der Waals surface area contributed by atoms with E-state index < -0.39 is 5.92 Å². The number of halogens is 1. The number of carbonyl (C=O) groups is 3. The van der Waals surface area contributed by atoms with E-state index in [0.29, 0.717) is 22.7 Å². The molecule has 1 aliphatic rings. The van der Waals surface area contributed by atoms with Crippen molar-refractivity contribution in [1.82, 2.24) is 10.3 Å². The summed E-state index contributed by atoms with van der Waals surface area (Å²) in [7, 11) is 1.56. The van der Waals surface area contributed by atoms with Gasteiger partial charge in [0.15, 0.2) is 5.78 Å². The van der Waals surface area contributed by atoms with Gasteiger partial charge in [0.1, 0.15) is 11.1 Å². The Morgan fingerprint density at radius 1 is 1.45 bits per heavy atom. The lowest BCUT2D eigenvalue weighted by Crippen LogP contribution is -2.20. The molecule has 6 nitrogen and oxygen atoms in total. The monoisotopic (exact) mass is 337 g/mol. The molecule has 3 rings (SSSR count). The number of fused-ring (bicyclic) bond motifs is 1. The lowest BCUT2D eigenvalue weighted by atomic mass is 10.00. The highest BCUT2D eigenvalue weighted by atomic mass is 35.5. The number of rotatable bonds is 3. The van der Waals surface area contributed by atoms with Crippen LogP contribution in [0.2, 0.25) is 5.15 Å². The van der Waals surface area contributed by atoms with Crippen molar-refractivity contribution in [2.45, 2.75) is 5.92 Å². The number of nitrogens with zero attached hydrogens (tertiary/aromatic N) is 1. The average molecular weight is 338 g/mol. The Bertz CT molecular complexity index is 703. The maximum absolute atomic E-state index is 12.3. The van der Waals surface area contributed by atoms with Crippen LogP contribution >= 0.6 is 22.9 Å². The lowest BCUT2D eigenvalue weighted by molar-refractivity contribution is -0.116. The molecule has 2 aromatic heterocycles. The van der Waals surface area contributed by atoms with E-state index in [9.17, 15) is 9.59 Å². The molecule has 0 aromatic carbocycles. The number of amides is 2. The SMILES string of the molecule is CNC=O.O=C1Nc2ccc(Cl)nc2C1C(=O)c1cccs1. The molecule has 1 atom stereocenters. The van der Waals surface area contributed by atoms with E-state index >= 15 is 0 Å². The maximum atomic E-state index is 12.3. The summed E-state index contributed by atoms with van der Waals surface area (Å²) in [4.78, 5) is 37.8. The van der Waals surface area contributed by atoms with Gasteiger partial charge in [-0.1, -0.05) is 17.7 Å². The first kappa shape index (κ1) is 16.1. The molecule has 2 aromatic rings. The topological polar surface area (TPSA) is 88.2 Å². The summed E-state index contributed by atoms with van der Waals surface area (Å²) in [5, 5.41) is 6.96. The normalized spacial score (nSPS) is 15.2. The number of Topliss-reactive ketones (excluding diaryl/α,β-unsaturated/α-hetero) is 1. The Labute approximate surface area is 135 Å². The predicted molar refractivity (Wildman–Crippen MR) is 84.4 cm³/mol. The van der Waals surface area contributed by atoms with Gasteiger partial charge < -0.3 is 10.6 Å². The van der Waals surface area contributed by atoms with Gasteiger partial charge in [0.25, 0.3) is 0 Å². The van der Waals surface area contributed by atoms with Crippen LogP contribution in [0.1, 0.15) is 21.3 Å². The maximum Gasteiger partial charge on any atom is 0.241 e. The van der Waals surface area contributed by atoms with Crippen LogP contribution in [0.5, 0.6) is 0 Å². The zero-order chi connectivity index (χ0) is 16.1. The van der Waals surface area contributed by atoms with Crippen LogP contribution in [0.3, 0.4) is 0 Å². The molecule has 1 unspecified atom stereocenters. The summed E-state index contributed by atoms with van der Waals surface area (Å²) < 4.78 is 0. The van der Waals surface area contributed by atoms with Crippen LogP contribution < -0.4 is 10.6 Å². The molecule has 0 radical (unpaired) electrons. The average Bonchev–Trinajstić information content (AvgIpc) is 3.14. The fourth-order valence-electron chi connectivity index (χ4n) is 1.91. The van der Waals surface area contributed by atoms with Gasteiger partial charge in [-0.05, 0) is 23.6 Å². The third kappa shape index (κ3) is 3.32. The molecule has 2 amide bonds. The zero-order valence-electron chi connectivity index (χ0n) is 11.5. The van der Waals surface area contributed by atoms with Crippen LogP contribution in [0.25, 0.3) is 0 Å². The molecule has 0 saturated heterocycles. The molecule has 0 spiro atoms. The summed E-state index contributed by atoms with van der Waals surface area (Å²) in [6.07, 6.45) is 0.625. The summed E-state index contributed by atoms with van der Waals surface area (Å²) in [6, 6.07) is 6.71. The van der Waals surface area contributed by atoms with Crippen molar-refractivity contribution < 1.29 is 14.4 Å². The van der Waals surface area contributed by atoms with E-state index in [-0.39, 0.29) is 16.8 Å². The molecule has 114 valence electrons. The molecule has 0 saturated carbocycles. The number of pyridine rings is 1. The second-order valence-corrected chi connectivity index (χ2v) is 5.57. The second-order valence-electron chi connectivity index (χ2n) is 4.24. The first-order chi connectivity index (χ1) is 10.6. The van der Waals surface area contributed by atoms with Gasteiger partial charge in [-0.3, -0.25) is 14.4 Å². The Balaban J connectivity index is 0.000000396. The summed E-state index contributed by atoms with van der Waals surface area (Å²) in [5.41, 5.74) is 0.963. The van der Waals surface area contributed by atoms with E-state index in [2.05, 4.69) is 15.6 Å². The van der Waals surface area contributed by atoms with Gasteiger partial charge in [-0.15, -0.1) is 11.3 Å². The van der Waals surface area contributed by atoms with Gasteiger partial charge >= 0.3 is 0 Å². The van der Waals surface area contributed by atoms with Gasteiger partial charge in [-0.2, -0.15) is 0 Å². The first-order valence-corrected chi connectivity index (χ1v) is 7.50. The molecule has 8 heteroatoms. The predicted octanol–water partition coefficient (Wildman–Crippen LogP) is 2.08. The van der Waals surface area contributed by atoms with E-state index in [0.717, 1.165) is 0 Å². The minimum absolute atomic E-state index is 0.240. The van der Waals surface area contributed by atoms with Crippen LogP contribution in [-0.4, -0.2) is 30.1 Å². The standard InChI is InChI=1S/C12H7ClN2O2S.C2H5NO/c13-8-4-3-6-10(15-8)9(12(17)14-6)11(16)7-2-1-5-18-7;1-3-2-4/h1-5,9H,(H,14,17);2H,1H3,(H,3,4). The quantitative estimate of drug-likeness (QED) is 0.388. The number of hydrogen-bond acceptors (Lipinski definition) is 5. The highest BCUT2D eigenvalue weighted by molar-refractivity contribution is 7.12. The Morgan fingerprint density at radius 2 is 2.18 bits per heavy atom. The highest BCUT2D eigenvalue weighted by Gasteiger charge is 2.38. The summed E-state index contributed by atoms with van der Waals surface area (Å²) >= 11 is 7.12. The highest BCUT2D eigenvalue weighted by Crippen LogP contribution is 2.34. The molecule has 1 aliphatic heterocycles. The smallest absolute Gasteiger partial charge is 0.241 e. The Kier molecular flexibility index (Phi) is 5.24. The van der Waals surface area contributed by atoms with E-state index in [1.54, 1.807) is 36.7 Å². The largest absolute Gasteiger partial charge is 0.362 e. The first-order valence-electron chi connectivity index (χ1n) is 6.24. The van der Waals surface area contributed by atoms with Crippen molar-refractivity contribution in [1.29, 1.82) is 0 Å². The van der Waals surface area contributed by atoms with Crippen molar-refractivity contribution in [2.75, 3.05) is 12.4 Å². The molecule has 3 heterocycles. The van der Waals surface area contributed by atoms with E-state index in [1.165, 1.54) is 11.3 Å². The minimum atomic E-state index is -0.891. The number of nitrogens with one attached hydrogen (secondary N) is 2. The Morgan fingerprint density at radius 3 is 2.77 bits per heavy atom. The van der Waals surface area contributed by atoms with Crippen LogP contribution in [-0.2, 0) is 9.59 Å². The van der Waals surface area contributed by atoms with E-state index in [4.69, 9.17) is 16.4 Å². The fourth-order valence-corrected chi connectivity index (χ4v) is 2.76. The number of thiophene rings is 1. The molecule has 22 heavy (non-hydrogen) atoms. The second kappa shape index (κ2) is 7.15. The van der Waals surface area contributed by atoms with Gasteiger partial charge in [0.2, 0.25) is 12.3 Å². The third-order valence-electron chi connectivity index (χ3n) is 2.83. The lowest BCUT2D eigenvalue weighted by Gasteiger charge is -2.05.